The van der Waals surface area contributed by atoms with Crippen LogP contribution in [0.3, 0.4) is 0 Å². The third-order valence-corrected chi connectivity index (χ3v) is 1.66. The molecule has 8 heteroatoms. The van der Waals surface area contributed by atoms with Gasteiger partial charge in [0, 0.05) is 13.1 Å². The molecule has 0 spiro atoms. The van der Waals surface area contributed by atoms with Crippen molar-refractivity contribution in [1.82, 2.24) is 5.32 Å². The number of hydrogen-bond acceptors (Lipinski definition) is 4. The molecule has 0 aliphatic carbocycles. The Morgan fingerprint density at radius 3 is 2.43 bits per heavy atom. The molecular formula is C6H9F3N2O3. The minimum Gasteiger partial charge on any atom is -0.442 e. The Hall–Kier alpha value is -1.02. The molecule has 1 saturated heterocycles. The molecule has 82 valence electrons. The number of rotatable bonds is 2. The molecule has 1 heterocycles. The summed E-state index contributed by atoms with van der Waals surface area (Å²) in [6.07, 6.45) is -8.08. The first-order chi connectivity index (χ1) is 6.38. The van der Waals surface area contributed by atoms with E-state index < -0.39 is 24.7 Å². The molecule has 2 atom stereocenters. The van der Waals surface area contributed by atoms with Crippen LogP contribution >= 0.6 is 0 Å². The lowest BCUT2D eigenvalue weighted by Gasteiger charge is -2.19. The maximum atomic E-state index is 11.8. The molecule has 0 saturated carbocycles. The standard InChI is InChI=1S/C6H9F3N2O3/c7-6(8,9)14-4-2-11-1-3(4)13-5(10)12/h3-4,11H,1-2H2,(H2,10,12). The van der Waals surface area contributed by atoms with E-state index in [0.717, 1.165) is 0 Å². The maximum absolute atomic E-state index is 11.8. The second-order valence-electron chi connectivity index (χ2n) is 2.74. The van der Waals surface area contributed by atoms with E-state index >= 15 is 0 Å². The first-order valence-electron chi connectivity index (χ1n) is 3.80. The number of halogens is 3. The molecule has 1 aliphatic heterocycles. The zero-order valence-electron chi connectivity index (χ0n) is 7.00. The van der Waals surface area contributed by atoms with Crippen LogP contribution in [-0.4, -0.2) is 37.8 Å². The van der Waals surface area contributed by atoms with Crippen LogP contribution in [0.2, 0.25) is 0 Å². The van der Waals surface area contributed by atoms with E-state index in [0.29, 0.717) is 0 Å². The van der Waals surface area contributed by atoms with E-state index in [2.05, 4.69) is 20.5 Å². The van der Waals surface area contributed by atoms with Gasteiger partial charge < -0.3 is 15.8 Å². The Morgan fingerprint density at radius 2 is 1.93 bits per heavy atom. The smallest absolute Gasteiger partial charge is 0.442 e. The molecule has 3 N–H and O–H groups in total. The highest BCUT2D eigenvalue weighted by Crippen LogP contribution is 2.22. The highest BCUT2D eigenvalue weighted by Gasteiger charge is 2.40. The van der Waals surface area contributed by atoms with Crippen molar-refractivity contribution in [3.63, 3.8) is 0 Å². The normalized spacial score (nSPS) is 27.6. The highest BCUT2D eigenvalue weighted by atomic mass is 19.4. The molecule has 14 heavy (non-hydrogen) atoms. The number of nitrogens with two attached hydrogens (primary N) is 1. The van der Waals surface area contributed by atoms with Gasteiger partial charge in [0.05, 0.1) is 0 Å². The number of ether oxygens (including phenoxy) is 2. The lowest BCUT2D eigenvalue weighted by molar-refractivity contribution is -0.346. The summed E-state index contributed by atoms with van der Waals surface area (Å²) in [7, 11) is 0. The number of amides is 1. The summed E-state index contributed by atoms with van der Waals surface area (Å²) in [4.78, 5) is 10.3. The van der Waals surface area contributed by atoms with Crippen molar-refractivity contribution in [2.45, 2.75) is 18.6 Å². The monoisotopic (exact) mass is 214 g/mol. The Bertz CT molecular complexity index is 221. The highest BCUT2D eigenvalue weighted by molar-refractivity contribution is 5.64. The minimum atomic E-state index is -4.74. The largest absolute Gasteiger partial charge is 0.522 e. The average molecular weight is 214 g/mol. The fraction of sp³-hybridized carbons (Fsp3) is 0.833. The van der Waals surface area contributed by atoms with Crippen LogP contribution in [0.1, 0.15) is 0 Å². The van der Waals surface area contributed by atoms with Gasteiger partial charge in [-0.1, -0.05) is 0 Å². The fourth-order valence-electron chi connectivity index (χ4n) is 1.19. The van der Waals surface area contributed by atoms with Crippen LogP contribution in [0.5, 0.6) is 0 Å². The fourth-order valence-corrected chi connectivity index (χ4v) is 1.19. The number of alkyl halides is 3. The summed E-state index contributed by atoms with van der Waals surface area (Å²) in [6, 6.07) is 0. The van der Waals surface area contributed by atoms with E-state index in [9.17, 15) is 18.0 Å². The number of hydrogen-bond donors (Lipinski definition) is 2. The minimum absolute atomic E-state index is 0.0303. The van der Waals surface area contributed by atoms with Crippen molar-refractivity contribution in [1.29, 1.82) is 0 Å². The molecule has 0 aromatic rings. The molecule has 0 aromatic carbocycles. The van der Waals surface area contributed by atoms with Gasteiger partial charge in [-0.2, -0.15) is 0 Å². The SMILES string of the molecule is NC(=O)OC1CNCC1OC(F)(F)F. The van der Waals surface area contributed by atoms with Gasteiger partial charge in [-0.3, -0.25) is 4.74 Å². The van der Waals surface area contributed by atoms with Gasteiger partial charge in [-0.15, -0.1) is 13.2 Å². The summed E-state index contributed by atoms with van der Waals surface area (Å²) in [5.41, 5.74) is 4.67. The van der Waals surface area contributed by atoms with Gasteiger partial charge in [-0.05, 0) is 0 Å². The number of carbonyl (C=O) groups excluding carboxylic acids is 1. The first kappa shape index (κ1) is 11.1. The van der Waals surface area contributed by atoms with Crippen LogP contribution in [0.15, 0.2) is 0 Å². The quantitative estimate of drug-likeness (QED) is 0.676. The van der Waals surface area contributed by atoms with Gasteiger partial charge >= 0.3 is 12.5 Å². The Kier molecular flexibility index (Phi) is 3.17. The van der Waals surface area contributed by atoms with Gasteiger partial charge in [0.15, 0.2) is 0 Å². The second-order valence-corrected chi connectivity index (χ2v) is 2.74. The van der Waals surface area contributed by atoms with Crippen molar-refractivity contribution in [3.05, 3.63) is 0 Å². The molecule has 5 nitrogen and oxygen atoms in total. The summed E-state index contributed by atoms with van der Waals surface area (Å²) >= 11 is 0. The van der Waals surface area contributed by atoms with Crippen molar-refractivity contribution in [3.8, 4) is 0 Å². The summed E-state index contributed by atoms with van der Waals surface area (Å²) in [5, 5.41) is 2.59. The lowest BCUT2D eigenvalue weighted by Crippen LogP contribution is -2.37. The molecule has 1 rings (SSSR count). The molecular weight excluding hydrogens is 205 g/mol. The van der Waals surface area contributed by atoms with Crippen molar-refractivity contribution < 1.29 is 27.4 Å². The topological polar surface area (TPSA) is 73.6 Å². The maximum Gasteiger partial charge on any atom is 0.522 e. The zero-order valence-corrected chi connectivity index (χ0v) is 7.00. The average Bonchev–Trinajstić information content (AvgIpc) is 2.32. The van der Waals surface area contributed by atoms with Crippen molar-refractivity contribution in [2.75, 3.05) is 13.1 Å². The summed E-state index contributed by atoms with van der Waals surface area (Å²) < 4.78 is 43.5. The third kappa shape index (κ3) is 3.38. The predicted octanol–water partition coefficient (Wildman–Crippen LogP) is -0.0415. The van der Waals surface area contributed by atoms with Crippen LogP contribution in [0, 0.1) is 0 Å². The molecule has 0 radical (unpaired) electrons. The number of nitrogens with one attached hydrogen (secondary N) is 1. The van der Waals surface area contributed by atoms with E-state index in [1.54, 1.807) is 0 Å². The van der Waals surface area contributed by atoms with Crippen LogP contribution in [0.4, 0.5) is 18.0 Å². The molecule has 1 aliphatic rings. The lowest BCUT2D eigenvalue weighted by atomic mass is 10.2. The predicted molar refractivity (Wildman–Crippen MR) is 38.3 cm³/mol. The van der Waals surface area contributed by atoms with Crippen molar-refractivity contribution in [2.24, 2.45) is 5.73 Å². The van der Waals surface area contributed by atoms with Crippen LogP contribution < -0.4 is 11.1 Å². The molecule has 0 aromatic heterocycles. The summed E-state index contributed by atoms with van der Waals surface area (Å²) in [6.45, 7) is 0.0706. The van der Waals surface area contributed by atoms with Crippen molar-refractivity contribution >= 4 is 6.09 Å². The van der Waals surface area contributed by atoms with E-state index in [4.69, 9.17) is 0 Å². The Morgan fingerprint density at radius 1 is 1.36 bits per heavy atom. The third-order valence-electron chi connectivity index (χ3n) is 1.66. The molecule has 0 bridgehead atoms. The van der Waals surface area contributed by atoms with E-state index in [-0.39, 0.29) is 13.1 Å². The number of primary amides is 1. The molecule has 1 amide bonds. The van der Waals surface area contributed by atoms with E-state index in [1.165, 1.54) is 0 Å². The second kappa shape index (κ2) is 4.01. The zero-order chi connectivity index (χ0) is 10.8. The van der Waals surface area contributed by atoms with Crippen LogP contribution in [-0.2, 0) is 9.47 Å². The first-order valence-corrected chi connectivity index (χ1v) is 3.80. The Balaban J connectivity index is 2.47. The molecule has 2 unspecified atom stereocenters. The summed E-state index contributed by atoms with van der Waals surface area (Å²) in [5.74, 6) is 0. The van der Waals surface area contributed by atoms with Crippen LogP contribution in [0.25, 0.3) is 0 Å². The van der Waals surface area contributed by atoms with Gasteiger partial charge in [0.2, 0.25) is 0 Å². The Labute approximate surface area is 77.3 Å². The molecule has 1 fully saturated rings. The van der Waals surface area contributed by atoms with Gasteiger partial charge in [-0.25, -0.2) is 4.79 Å². The van der Waals surface area contributed by atoms with Gasteiger partial charge in [0.25, 0.3) is 0 Å². The number of carbonyl (C=O) groups is 1. The van der Waals surface area contributed by atoms with E-state index in [1.807, 2.05) is 0 Å². The van der Waals surface area contributed by atoms with Gasteiger partial charge in [0.1, 0.15) is 12.2 Å².